The first-order valence-electron chi connectivity index (χ1n) is 4.35. The predicted molar refractivity (Wildman–Crippen MR) is 51.4 cm³/mol. The summed E-state index contributed by atoms with van der Waals surface area (Å²) in [6.07, 6.45) is 0.482. The quantitative estimate of drug-likeness (QED) is 0.675. The number of anilines is 1. The maximum atomic E-state index is 11.0. The molecule has 1 amide bonds. The van der Waals surface area contributed by atoms with Crippen LogP contribution in [0.2, 0.25) is 0 Å². The van der Waals surface area contributed by atoms with Gasteiger partial charge in [-0.25, -0.2) is 0 Å². The summed E-state index contributed by atoms with van der Waals surface area (Å²) in [7, 11) is 0. The maximum absolute atomic E-state index is 11.0. The van der Waals surface area contributed by atoms with Crippen molar-refractivity contribution in [2.75, 3.05) is 5.32 Å². The Balaban J connectivity index is 2.40. The van der Waals surface area contributed by atoms with E-state index in [-0.39, 0.29) is 11.9 Å². The fourth-order valence-electron chi connectivity index (χ4n) is 1.53. The lowest BCUT2D eigenvalue weighted by molar-refractivity contribution is -0.115. The van der Waals surface area contributed by atoms with Gasteiger partial charge in [-0.3, -0.25) is 4.79 Å². The predicted octanol–water partition coefficient (Wildman–Crippen LogP) is 1.20. The highest BCUT2D eigenvalue weighted by molar-refractivity contribution is 5.99. The van der Waals surface area contributed by atoms with E-state index in [2.05, 4.69) is 5.32 Å². The monoisotopic (exact) mass is 176 g/mol. The van der Waals surface area contributed by atoms with E-state index in [0.29, 0.717) is 6.42 Å². The molecule has 13 heavy (non-hydrogen) atoms. The van der Waals surface area contributed by atoms with Crippen molar-refractivity contribution >= 4 is 11.6 Å². The van der Waals surface area contributed by atoms with Crippen molar-refractivity contribution < 1.29 is 4.79 Å². The normalized spacial score (nSPS) is 16.6. The summed E-state index contributed by atoms with van der Waals surface area (Å²) in [4.78, 5) is 11.0. The number of rotatable bonds is 1. The summed E-state index contributed by atoms with van der Waals surface area (Å²) in [5.74, 6) is 0.0665. The Kier molecular flexibility index (Phi) is 1.81. The topological polar surface area (TPSA) is 55.1 Å². The number of fused-ring (bicyclic) bond motifs is 1. The minimum atomic E-state index is 0.0287. The van der Waals surface area contributed by atoms with Crippen molar-refractivity contribution in [1.29, 1.82) is 0 Å². The second kappa shape index (κ2) is 2.85. The third-order valence-corrected chi connectivity index (χ3v) is 2.28. The van der Waals surface area contributed by atoms with Gasteiger partial charge >= 0.3 is 0 Å². The summed E-state index contributed by atoms with van der Waals surface area (Å²) in [6, 6.07) is 5.90. The highest BCUT2D eigenvalue weighted by Gasteiger charge is 2.17. The Hall–Kier alpha value is -1.35. The Morgan fingerprint density at radius 1 is 1.54 bits per heavy atom. The third kappa shape index (κ3) is 1.42. The van der Waals surface area contributed by atoms with E-state index < -0.39 is 0 Å². The molecule has 3 heteroatoms. The number of benzene rings is 1. The Morgan fingerprint density at radius 2 is 2.31 bits per heavy atom. The molecule has 2 rings (SSSR count). The number of hydrogen-bond donors (Lipinski definition) is 2. The van der Waals surface area contributed by atoms with Gasteiger partial charge in [0.25, 0.3) is 0 Å². The standard InChI is InChI=1S/C10H12N2O/c1-6(11)7-2-3-9-8(4-7)5-10(13)12-9/h2-4,6H,5,11H2,1H3,(H,12,13)/t6-/m0/s1. The van der Waals surface area contributed by atoms with Crippen LogP contribution in [0.15, 0.2) is 18.2 Å². The van der Waals surface area contributed by atoms with Crippen LogP contribution < -0.4 is 11.1 Å². The van der Waals surface area contributed by atoms with Crippen molar-refractivity contribution in [3.63, 3.8) is 0 Å². The lowest BCUT2D eigenvalue weighted by atomic mass is 10.0. The smallest absolute Gasteiger partial charge is 0.228 e. The zero-order valence-corrected chi connectivity index (χ0v) is 7.50. The van der Waals surface area contributed by atoms with Gasteiger partial charge in [0.2, 0.25) is 5.91 Å². The minimum absolute atomic E-state index is 0.0287. The highest BCUT2D eigenvalue weighted by atomic mass is 16.1. The van der Waals surface area contributed by atoms with E-state index in [1.54, 1.807) is 0 Å². The zero-order valence-electron chi connectivity index (χ0n) is 7.50. The average Bonchev–Trinajstić information content (AvgIpc) is 2.42. The van der Waals surface area contributed by atoms with Gasteiger partial charge in [0, 0.05) is 11.7 Å². The first-order chi connectivity index (χ1) is 6.16. The maximum Gasteiger partial charge on any atom is 0.228 e. The fraction of sp³-hybridized carbons (Fsp3) is 0.300. The van der Waals surface area contributed by atoms with E-state index in [1.807, 2.05) is 25.1 Å². The SMILES string of the molecule is C[C@H](N)c1ccc2c(c1)CC(=O)N2. The molecule has 0 spiro atoms. The molecule has 3 nitrogen and oxygen atoms in total. The highest BCUT2D eigenvalue weighted by Crippen LogP contribution is 2.25. The van der Waals surface area contributed by atoms with Crippen LogP contribution in [0.25, 0.3) is 0 Å². The van der Waals surface area contributed by atoms with Crippen molar-refractivity contribution in [2.24, 2.45) is 5.73 Å². The van der Waals surface area contributed by atoms with Gasteiger partial charge in [-0.2, -0.15) is 0 Å². The van der Waals surface area contributed by atoms with Gasteiger partial charge in [-0.05, 0) is 24.1 Å². The molecule has 0 saturated heterocycles. The number of carbonyl (C=O) groups excluding carboxylic acids is 1. The van der Waals surface area contributed by atoms with E-state index in [9.17, 15) is 4.79 Å². The van der Waals surface area contributed by atoms with Crippen LogP contribution in [0.4, 0.5) is 5.69 Å². The van der Waals surface area contributed by atoms with E-state index in [0.717, 1.165) is 16.8 Å². The van der Waals surface area contributed by atoms with Crippen LogP contribution in [0.1, 0.15) is 24.1 Å². The van der Waals surface area contributed by atoms with Gasteiger partial charge in [0.1, 0.15) is 0 Å². The summed E-state index contributed by atoms with van der Waals surface area (Å²) in [5.41, 5.74) is 8.80. The van der Waals surface area contributed by atoms with Crippen LogP contribution in [-0.2, 0) is 11.2 Å². The van der Waals surface area contributed by atoms with Gasteiger partial charge < -0.3 is 11.1 Å². The molecule has 0 unspecified atom stereocenters. The summed E-state index contributed by atoms with van der Waals surface area (Å²) < 4.78 is 0. The van der Waals surface area contributed by atoms with E-state index in [4.69, 9.17) is 5.73 Å². The zero-order chi connectivity index (χ0) is 9.42. The van der Waals surface area contributed by atoms with Gasteiger partial charge in [-0.1, -0.05) is 12.1 Å². The lowest BCUT2D eigenvalue weighted by Crippen LogP contribution is -2.04. The van der Waals surface area contributed by atoms with Crippen LogP contribution in [0, 0.1) is 0 Å². The third-order valence-electron chi connectivity index (χ3n) is 2.28. The second-order valence-corrected chi connectivity index (χ2v) is 3.43. The molecule has 0 radical (unpaired) electrons. The van der Waals surface area contributed by atoms with Gasteiger partial charge in [-0.15, -0.1) is 0 Å². The van der Waals surface area contributed by atoms with Crippen molar-refractivity contribution in [1.82, 2.24) is 0 Å². The van der Waals surface area contributed by atoms with Crippen LogP contribution in [-0.4, -0.2) is 5.91 Å². The number of nitrogens with one attached hydrogen (secondary N) is 1. The number of carbonyl (C=O) groups is 1. The largest absolute Gasteiger partial charge is 0.326 e. The Bertz CT molecular complexity index is 358. The first kappa shape index (κ1) is 8.26. The molecule has 0 fully saturated rings. The summed E-state index contributed by atoms with van der Waals surface area (Å²) >= 11 is 0. The van der Waals surface area contributed by atoms with E-state index in [1.165, 1.54) is 0 Å². The summed E-state index contributed by atoms with van der Waals surface area (Å²) in [6.45, 7) is 1.94. The van der Waals surface area contributed by atoms with Crippen molar-refractivity contribution in [3.8, 4) is 0 Å². The van der Waals surface area contributed by atoms with Crippen molar-refractivity contribution in [2.45, 2.75) is 19.4 Å². The fourth-order valence-corrected chi connectivity index (χ4v) is 1.53. The molecule has 0 saturated carbocycles. The molecule has 0 bridgehead atoms. The van der Waals surface area contributed by atoms with E-state index >= 15 is 0 Å². The molecule has 1 heterocycles. The average molecular weight is 176 g/mol. The molecule has 1 aliphatic heterocycles. The number of amides is 1. The molecular weight excluding hydrogens is 164 g/mol. The summed E-state index contributed by atoms with van der Waals surface area (Å²) in [5, 5.41) is 2.78. The van der Waals surface area contributed by atoms with Gasteiger partial charge in [0.05, 0.1) is 6.42 Å². The lowest BCUT2D eigenvalue weighted by Gasteiger charge is -2.06. The van der Waals surface area contributed by atoms with Crippen LogP contribution >= 0.6 is 0 Å². The van der Waals surface area contributed by atoms with Crippen molar-refractivity contribution in [3.05, 3.63) is 29.3 Å². The molecule has 1 aliphatic rings. The first-order valence-corrected chi connectivity index (χ1v) is 4.35. The van der Waals surface area contributed by atoms with Crippen LogP contribution in [0.3, 0.4) is 0 Å². The molecule has 0 aromatic heterocycles. The second-order valence-electron chi connectivity index (χ2n) is 3.43. The molecule has 68 valence electrons. The molecular formula is C10H12N2O. The number of hydrogen-bond acceptors (Lipinski definition) is 2. The molecule has 3 N–H and O–H groups in total. The molecule has 0 aliphatic carbocycles. The Morgan fingerprint density at radius 3 is 3.00 bits per heavy atom. The molecule has 1 aromatic rings. The minimum Gasteiger partial charge on any atom is -0.326 e. The Labute approximate surface area is 76.9 Å². The molecule has 1 atom stereocenters. The van der Waals surface area contributed by atoms with Gasteiger partial charge in [0.15, 0.2) is 0 Å². The number of nitrogens with two attached hydrogens (primary N) is 1. The molecule has 1 aromatic carbocycles. The van der Waals surface area contributed by atoms with Crippen LogP contribution in [0.5, 0.6) is 0 Å².